The zero-order valence-corrected chi connectivity index (χ0v) is 16.8. The number of esters is 1. The van der Waals surface area contributed by atoms with Crippen LogP contribution < -0.4 is 0 Å². The number of pyridine rings is 2. The number of ether oxygens (including phenoxy) is 1. The van der Waals surface area contributed by atoms with Crippen molar-refractivity contribution in [3.63, 3.8) is 0 Å². The predicted molar refractivity (Wildman–Crippen MR) is 96.8 cm³/mol. The summed E-state index contributed by atoms with van der Waals surface area (Å²) in [5.41, 5.74) is 0.277. The van der Waals surface area contributed by atoms with Gasteiger partial charge in [0.15, 0.2) is 0 Å². The molecule has 24 heavy (non-hydrogen) atoms. The Bertz CT molecular complexity index is 760. The summed E-state index contributed by atoms with van der Waals surface area (Å²) in [6.07, 6.45) is 2.96. The molecule has 0 spiro atoms. The zero-order valence-electron chi connectivity index (χ0n) is 12.1. The summed E-state index contributed by atoms with van der Waals surface area (Å²) in [6.45, 7) is 2.05. The number of halogens is 4. The monoisotopic (exact) mass is 498 g/mol. The number of carbonyl (C=O) groups excluding carboxylic acids is 1. The molecule has 0 aromatic carbocycles. The highest BCUT2D eigenvalue weighted by molar-refractivity contribution is 9.10. The topological polar surface area (TPSA) is 89.4 Å². The Morgan fingerprint density at radius 2 is 1.54 bits per heavy atom. The van der Waals surface area contributed by atoms with Crippen LogP contribution in [0.25, 0.3) is 0 Å². The Labute approximate surface area is 164 Å². The van der Waals surface area contributed by atoms with Gasteiger partial charge in [-0.2, -0.15) is 0 Å². The van der Waals surface area contributed by atoms with E-state index in [4.69, 9.17) is 33.0 Å². The fourth-order valence-electron chi connectivity index (χ4n) is 1.35. The minimum absolute atomic E-state index is 0.000648. The molecule has 10 heteroatoms. The maximum absolute atomic E-state index is 11.3. The van der Waals surface area contributed by atoms with Crippen LogP contribution in [0.4, 0.5) is 0 Å². The number of hydrogen-bond donors (Lipinski definition) is 1. The summed E-state index contributed by atoms with van der Waals surface area (Å²) in [5.74, 6) is -1.54. The molecule has 1 N–H and O–H groups in total. The van der Waals surface area contributed by atoms with Crippen LogP contribution in [0.2, 0.25) is 10.3 Å². The lowest BCUT2D eigenvalue weighted by Crippen LogP contribution is -2.06. The molecule has 0 aliphatic carbocycles. The average molecular weight is 501 g/mol. The van der Waals surface area contributed by atoms with Crippen LogP contribution in [0, 0.1) is 0 Å². The van der Waals surface area contributed by atoms with Crippen molar-refractivity contribution in [2.24, 2.45) is 0 Å². The van der Waals surface area contributed by atoms with Crippen molar-refractivity contribution in [1.82, 2.24) is 9.97 Å². The summed E-state index contributed by atoms with van der Waals surface area (Å²) >= 11 is 17.4. The number of rotatable bonds is 3. The van der Waals surface area contributed by atoms with Crippen molar-refractivity contribution in [3.05, 3.63) is 54.9 Å². The quantitative estimate of drug-likeness (QED) is 0.477. The minimum Gasteiger partial charge on any atom is -0.478 e. The molecule has 0 aliphatic heterocycles. The second-order valence-electron chi connectivity index (χ2n) is 4.01. The first-order chi connectivity index (χ1) is 11.3. The molecule has 0 atom stereocenters. The normalized spacial score (nSPS) is 9.71. The lowest BCUT2D eigenvalue weighted by atomic mass is 10.3. The molecule has 0 fully saturated rings. The Morgan fingerprint density at radius 3 is 1.96 bits per heavy atom. The van der Waals surface area contributed by atoms with Crippen molar-refractivity contribution < 1.29 is 19.4 Å². The van der Waals surface area contributed by atoms with Crippen LogP contribution in [-0.2, 0) is 4.74 Å². The molecule has 0 bridgehead atoms. The van der Waals surface area contributed by atoms with Gasteiger partial charge in [0, 0.05) is 21.3 Å². The highest BCUT2D eigenvalue weighted by atomic mass is 79.9. The largest absolute Gasteiger partial charge is 0.478 e. The molecular weight excluding hydrogens is 491 g/mol. The molecule has 2 rings (SSSR count). The van der Waals surface area contributed by atoms with Gasteiger partial charge in [-0.05, 0) is 50.9 Å². The molecule has 0 aliphatic rings. The standard InChI is InChI=1S/C8H7BrClNO2.C6H3BrClNO2/c1-2-13-8(12)6-3-5(9)4-11-7(6)10;7-3-1-4(6(10)11)5(8)9-2-3/h3-4H,2H2,1H3;1-2H,(H,10,11). The number of carbonyl (C=O) groups is 2. The first-order valence-electron chi connectivity index (χ1n) is 6.28. The van der Waals surface area contributed by atoms with E-state index in [0.29, 0.717) is 15.6 Å². The summed E-state index contributed by atoms with van der Waals surface area (Å²) < 4.78 is 6.07. The molecule has 0 amide bonds. The van der Waals surface area contributed by atoms with E-state index in [-0.39, 0.29) is 21.4 Å². The minimum atomic E-state index is -1.08. The number of hydrogen-bond acceptors (Lipinski definition) is 5. The Kier molecular flexibility index (Phi) is 8.61. The molecular formula is C14H10Br2Cl2N2O4. The van der Waals surface area contributed by atoms with Gasteiger partial charge in [-0.3, -0.25) is 0 Å². The van der Waals surface area contributed by atoms with E-state index in [1.807, 2.05) is 0 Å². The molecule has 6 nitrogen and oxygen atoms in total. The molecule has 0 saturated carbocycles. The Hall–Kier alpha value is -1.22. The van der Waals surface area contributed by atoms with Gasteiger partial charge >= 0.3 is 11.9 Å². The van der Waals surface area contributed by atoms with Gasteiger partial charge < -0.3 is 9.84 Å². The van der Waals surface area contributed by atoms with Crippen LogP contribution in [0.3, 0.4) is 0 Å². The molecule has 2 aromatic heterocycles. The maximum Gasteiger partial charge on any atom is 0.341 e. The van der Waals surface area contributed by atoms with Gasteiger partial charge in [-0.15, -0.1) is 0 Å². The predicted octanol–water partition coefficient (Wildman–Crippen LogP) is 4.87. The molecule has 0 radical (unpaired) electrons. The van der Waals surface area contributed by atoms with Crippen LogP contribution in [0.15, 0.2) is 33.5 Å². The highest BCUT2D eigenvalue weighted by Crippen LogP contribution is 2.19. The number of carboxylic acids is 1. The molecule has 128 valence electrons. The van der Waals surface area contributed by atoms with Crippen LogP contribution in [-0.4, -0.2) is 33.6 Å². The number of aromatic nitrogens is 2. The smallest absolute Gasteiger partial charge is 0.341 e. The van der Waals surface area contributed by atoms with Gasteiger partial charge in [0.05, 0.1) is 17.7 Å². The van der Waals surface area contributed by atoms with Crippen LogP contribution in [0.5, 0.6) is 0 Å². The van der Waals surface area contributed by atoms with E-state index in [1.54, 1.807) is 13.0 Å². The number of nitrogens with zero attached hydrogens (tertiary/aromatic N) is 2. The molecule has 0 saturated heterocycles. The van der Waals surface area contributed by atoms with E-state index in [1.165, 1.54) is 18.5 Å². The lowest BCUT2D eigenvalue weighted by Gasteiger charge is -2.02. The van der Waals surface area contributed by atoms with Crippen molar-refractivity contribution in [1.29, 1.82) is 0 Å². The number of aromatic carboxylic acids is 1. The first kappa shape index (κ1) is 20.8. The van der Waals surface area contributed by atoms with Gasteiger partial charge in [0.2, 0.25) is 0 Å². The average Bonchev–Trinajstić information content (AvgIpc) is 2.52. The van der Waals surface area contributed by atoms with Crippen molar-refractivity contribution in [2.45, 2.75) is 6.92 Å². The van der Waals surface area contributed by atoms with Gasteiger partial charge in [0.1, 0.15) is 10.3 Å². The Morgan fingerprint density at radius 1 is 1.08 bits per heavy atom. The third-order valence-electron chi connectivity index (χ3n) is 2.34. The van der Waals surface area contributed by atoms with E-state index >= 15 is 0 Å². The summed E-state index contributed by atoms with van der Waals surface area (Å²) in [6, 6.07) is 2.98. The van der Waals surface area contributed by atoms with E-state index in [2.05, 4.69) is 41.8 Å². The van der Waals surface area contributed by atoms with Gasteiger partial charge in [-0.1, -0.05) is 23.2 Å². The lowest BCUT2D eigenvalue weighted by molar-refractivity contribution is 0.0525. The van der Waals surface area contributed by atoms with E-state index in [0.717, 1.165) is 0 Å². The van der Waals surface area contributed by atoms with E-state index in [9.17, 15) is 9.59 Å². The molecule has 2 aromatic rings. The highest BCUT2D eigenvalue weighted by Gasteiger charge is 2.12. The van der Waals surface area contributed by atoms with Crippen molar-refractivity contribution >= 4 is 67.0 Å². The second-order valence-corrected chi connectivity index (χ2v) is 6.56. The molecule has 0 unspecified atom stereocenters. The van der Waals surface area contributed by atoms with Gasteiger partial charge in [-0.25, -0.2) is 19.6 Å². The first-order valence-corrected chi connectivity index (χ1v) is 8.63. The van der Waals surface area contributed by atoms with Crippen molar-refractivity contribution in [3.8, 4) is 0 Å². The third-order valence-corrected chi connectivity index (χ3v) is 3.81. The summed E-state index contributed by atoms with van der Waals surface area (Å²) in [4.78, 5) is 29.1. The summed E-state index contributed by atoms with van der Waals surface area (Å²) in [5, 5.41) is 8.70. The fraction of sp³-hybridized carbons (Fsp3) is 0.143. The zero-order chi connectivity index (χ0) is 18.3. The third kappa shape index (κ3) is 6.35. The fourth-order valence-corrected chi connectivity index (χ4v) is 2.37. The van der Waals surface area contributed by atoms with Gasteiger partial charge in [0.25, 0.3) is 0 Å². The van der Waals surface area contributed by atoms with Crippen LogP contribution in [0.1, 0.15) is 27.6 Å². The number of carboxylic acid groups (broad SMARTS) is 1. The van der Waals surface area contributed by atoms with Crippen LogP contribution >= 0.6 is 55.1 Å². The summed E-state index contributed by atoms with van der Waals surface area (Å²) in [7, 11) is 0. The van der Waals surface area contributed by atoms with Crippen molar-refractivity contribution in [2.75, 3.05) is 6.61 Å². The SMILES string of the molecule is CCOC(=O)c1cc(Br)cnc1Cl.O=C(O)c1cc(Br)cnc1Cl. The van der Waals surface area contributed by atoms with E-state index < -0.39 is 11.9 Å². The second kappa shape index (κ2) is 9.93. The maximum atomic E-state index is 11.3. The Balaban J connectivity index is 0.000000243. The molecule has 2 heterocycles.